The Labute approximate surface area is 181 Å². The first-order valence-electron chi connectivity index (χ1n) is 9.68. The van der Waals surface area contributed by atoms with Crippen molar-refractivity contribution in [3.05, 3.63) is 73.4 Å². The van der Waals surface area contributed by atoms with E-state index in [9.17, 15) is 9.59 Å². The molecule has 0 saturated heterocycles. The molecule has 3 aromatic heterocycles. The molecule has 1 aromatic carbocycles. The van der Waals surface area contributed by atoms with Gasteiger partial charge < -0.3 is 0 Å². The molecule has 8 heteroatoms. The molecule has 0 atom stereocenters. The number of fused-ring (bicyclic) bond motifs is 2. The molecule has 4 aromatic rings. The predicted octanol–water partition coefficient (Wildman–Crippen LogP) is 3.69. The third-order valence-corrected chi connectivity index (χ3v) is 5.57. The van der Waals surface area contributed by atoms with Crippen molar-refractivity contribution in [3.8, 4) is 0 Å². The van der Waals surface area contributed by atoms with E-state index in [0.717, 1.165) is 16.5 Å². The first kappa shape index (κ1) is 20.3. The number of aromatic nitrogens is 5. The van der Waals surface area contributed by atoms with Crippen molar-refractivity contribution in [2.75, 3.05) is 0 Å². The van der Waals surface area contributed by atoms with Gasteiger partial charge in [0, 0.05) is 24.3 Å². The van der Waals surface area contributed by atoms with Crippen LogP contribution in [0.2, 0.25) is 0 Å². The lowest BCUT2D eigenvalue weighted by atomic mass is 10.1. The molecular weight excluding hydrogens is 446 g/mol. The van der Waals surface area contributed by atoms with Crippen molar-refractivity contribution in [1.82, 2.24) is 23.7 Å². The van der Waals surface area contributed by atoms with Crippen molar-refractivity contribution >= 4 is 44.1 Å². The topological polar surface area (TPSA) is 74.7 Å². The third kappa shape index (κ3) is 3.41. The molecular formula is C22H22BrN5O2. The number of rotatable bonds is 4. The molecule has 4 rings (SSSR count). The van der Waals surface area contributed by atoms with Crippen LogP contribution >= 0.6 is 15.9 Å². The summed E-state index contributed by atoms with van der Waals surface area (Å²) in [5.74, 6) is 0.298. The maximum absolute atomic E-state index is 13.4. The summed E-state index contributed by atoms with van der Waals surface area (Å²) in [5.41, 5.74) is 1.38. The van der Waals surface area contributed by atoms with E-state index in [4.69, 9.17) is 0 Å². The molecule has 0 amide bonds. The maximum atomic E-state index is 13.4. The average molecular weight is 468 g/mol. The van der Waals surface area contributed by atoms with Gasteiger partial charge in [-0.1, -0.05) is 44.2 Å². The SMILES string of the molecule is Cc1cc2ccccc2c(Cn2c(=O)c3c(nc(Br)n3C=CC(C)C)n(C)c2=O)n1. The first-order chi connectivity index (χ1) is 14.3. The van der Waals surface area contributed by atoms with Crippen LogP contribution in [0.5, 0.6) is 0 Å². The van der Waals surface area contributed by atoms with Gasteiger partial charge in [0.15, 0.2) is 15.9 Å². The van der Waals surface area contributed by atoms with E-state index in [1.165, 1.54) is 9.13 Å². The van der Waals surface area contributed by atoms with Gasteiger partial charge in [0.25, 0.3) is 5.56 Å². The Balaban J connectivity index is 1.98. The molecule has 154 valence electrons. The highest BCUT2D eigenvalue weighted by molar-refractivity contribution is 9.10. The highest BCUT2D eigenvalue weighted by Gasteiger charge is 2.19. The summed E-state index contributed by atoms with van der Waals surface area (Å²) < 4.78 is 4.78. The molecule has 0 fully saturated rings. The quantitative estimate of drug-likeness (QED) is 0.429. The van der Waals surface area contributed by atoms with Crippen LogP contribution in [-0.4, -0.2) is 23.7 Å². The minimum atomic E-state index is -0.426. The van der Waals surface area contributed by atoms with Gasteiger partial charge in [-0.05, 0) is 40.2 Å². The summed E-state index contributed by atoms with van der Waals surface area (Å²) in [7, 11) is 1.62. The first-order valence-corrected chi connectivity index (χ1v) is 10.5. The molecule has 0 radical (unpaired) electrons. The molecule has 0 N–H and O–H groups in total. The Hall–Kier alpha value is -3.00. The Morgan fingerprint density at radius 1 is 1.17 bits per heavy atom. The van der Waals surface area contributed by atoms with Gasteiger partial charge in [-0.25, -0.2) is 9.78 Å². The van der Waals surface area contributed by atoms with Gasteiger partial charge in [-0.2, -0.15) is 0 Å². The van der Waals surface area contributed by atoms with Crippen molar-refractivity contribution < 1.29 is 0 Å². The molecule has 0 unspecified atom stereocenters. The van der Waals surface area contributed by atoms with Crippen LogP contribution in [0.1, 0.15) is 25.2 Å². The number of nitrogens with zero attached hydrogens (tertiary/aromatic N) is 5. The normalized spacial score (nSPS) is 12.1. The Kier molecular flexibility index (Phi) is 5.19. The summed E-state index contributed by atoms with van der Waals surface area (Å²) in [6, 6.07) is 9.83. The number of allylic oxidation sites excluding steroid dienone is 1. The monoisotopic (exact) mass is 467 g/mol. The Morgan fingerprint density at radius 3 is 2.63 bits per heavy atom. The number of aryl methyl sites for hydroxylation is 2. The van der Waals surface area contributed by atoms with E-state index in [1.807, 2.05) is 57.2 Å². The molecule has 3 heterocycles. The van der Waals surface area contributed by atoms with E-state index < -0.39 is 11.2 Å². The predicted molar refractivity (Wildman–Crippen MR) is 123 cm³/mol. The fraction of sp³-hybridized carbons (Fsp3) is 0.273. The highest BCUT2D eigenvalue weighted by atomic mass is 79.9. The Bertz CT molecular complexity index is 1430. The number of imidazole rings is 1. The zero-order valence-corrected chi connectivity index (χ0v) is 18.8. The second kappa shape index (κ2) is 7.68. The van der Waals surface area contributed by atoms with Crippen LogP contribution in [0.3, 0.4) is 0 Å². The van der Waals surface area contributed by atoms with Gasteiger partial charge in [0.05, 0.1) is 12.2 Å². The number of hydrogen-bond acceptors (Lipinski definition) is 4. The fourth-order valence-electron chi connectivity index (χ4n) is 3.53. The van der Waals surface area contributed by atoms with E-state index in [1.54, 1.807) is 17.8 Å². The molecule has 0 aliphatic carbocycles. The molecule has 0 saturated carbocycles. The van der Waals surface area contributed by atoms with Crippen LogP contribution in [0.15, 0.2) is 50.7 Å². The lowest BCUT2D eigenvalue weighted by molar-refractivity contribution is 0.649. The van der Waals surface area contributed by atoms with Crippen molar-refractivity contribution in [2.24, 2.45) is 13.0 Å². The molecule has 0 aliphatic heterocycles. The number of pyridine rings is 1. The third-order valence-electron chi connectivity index (χ3n) is 5.01. The molecule has 0 spiro atoms. The smallest absolute Gasteiger partial charge is 0.288 e. The molecule has 7 nitrogen and oxygen atoms in total. The van der Waals surface area contributed by atoms with E-state index in [0.29, 0.717) is 27.5 Å². The molecule has 30 heavy (non-hydrogen) atoms. The van der Waals surface area contributed by atoms with Gasteiger partial charge >= 0.3 is 5.69 Å². The van der Waals surface area contributed by atoms with E-state index >= 15 is 0 Å². The molecule has 0 aliphatic rings. The summed E-state index contributed by atoms with van der Waals surface area (Å²) in [6.45, 7) is 6.08. The minimum absolute atomic E-state index is 0.0837. The summed E-state index contributed by atoms with van der Waals surface area (Å²) in [5, 5.41) is 1.95. The minimum Gasteiger partial charge on any atom is -0.288 e. The fourth-order valence-corrected chi connectivity index (χ4v) is 4.00. The summed E-state index contributed by atoms with van der Waals surface area (Å²) >= 11 is 3.41. The second-order valence-corrected chi connectivity index (χ2v) is 8.38. The standard InChI is InChI=1S/C22H22BrN5O2/c1-13(2)9-10-27-18-19(25-21(27)23)26(4)22(30)28(20(18)29)12-17-16-8-6-5-7-15(16)11-14(3)24-17/h5-11,13H,12H2,1-4H3. The van der Waals surface area contributed by atoms with Crippen LogP contribution < -0.4 is 11.2 Å². The molecule has 0 bridgehead atoms. The van der Waals surface area contributed by atoms with Gasteiger partial charge in [-0.15, -0.1) is 0 Å². The lowest BCUT2D eigenvalue weighted by Gasteiger charge is -2.11. The largest absolute Gasteiger partial charge is 0.332 e. The summed E-state index contributed by atoms with van der Waals surface area (Å²) in [6.07, 6.45) is 3.77. The van der Waals surface area contributed by atoms with Gasteiger partial charge in [0.2, 0.25) is 0 Å². The van der Waals surface area contributed by atoms with Gasteiger partial charge in [0.1, 0.15) is 0 Å². The zero-order chi connectivity index (χ0) is 21.6. The van der Waals surface area contributed by atoms with Crippen molar-refractivity contribution in [3.63, 3.8) is 0 Å². The van der Waals surface area contributed by atoms with Crippen LogP contribution in [0.4, 0.5) is 0 Å². The number of benzene rings is 1. The Morgan fingerprint density at radius 2 is 1.90 bits per heavy atom. The van der Waals surface area contributed by atoms with Crippen molar-refractivity contribution in [1.29, 1.82) is 0 Å². The summed E-state index contributed by atoms with van der Waals surface area (Å²) in [4.78, 5) is 35.5. The lowest BCUT2D eigenvalue weighted by Crippen LogP contribution is -2.40. The number of halogens is 1. The van der Waals surface area contributed by atoms with Crippen LogP contribution in [0.25, 0.3) is 28.1 Å². The number of hydrogen-bond donors (Lipinski definition) is 0. The zero-order valence-electron chi connectivity index (χ0n) is 17.3. The van der Waals surface area contributed by atoms with Crippen molar-refractivity contribution in [2.45, 2.75) is 27.3 Å². The maximum Gasteiger partial charge on any atom is 0.332 e. The van der Waals surface area contributed by atoms with E-state index in [-0.39, 0.29) is 6.54 Å². The van der Waals surface area contributed by atoms with Gasteiger partial charge in [-0.3, -0.25) is 23.5 Å². The second-order valence-electron chi connectivity index (χ2n) is 7.67. The average Bonchev–Trinajstić information content (AvgIpc) is 3.04. The van der Waals surface area contributed by atoms with Crippen LogP contribution in [0, 0.1) is 12.8 Å². The van der Waals surface area contributed by atoms with Crippen LogP contribution in [-0.2, 0) is 13.6 Å². The van der Waals surface area contributed by atoms with E-state index in [2.05, 4.69) is 25.9 Å². The highest BCUT2D eigenvalue weighted by Crippen LogP contribution is 2.20.